The average molecular weight is 369 g/mol. The molecule has 9 heteroatoms. The fraction of sp³-hybridized carbons (Fsp3) is 0.167. The normalized spacial score (nSPS) is 12.1. The number of rotatable bonds is 2. The van der Waals surface area contributed by atoms with Crippen LogP contribution in [0.5, 0.6) is 0 Å². The Bertz CT molecular complexity index is 494. The number of anilines is 1. The standard InChI is InChI=1S/C6H4ClF2IN2O2S/c7-15(13,14)5-2(11)1-3(10)12-4(5)6(8)9/h1,6H,(H2,11,12). The van der Waals surface area contributed by atoms with Crippen LogP contribution in [-0.4, -0.2) is 13.4 Å². The van der Waals surface area contributed by atoms with E-state index >= 15 is 0 Å². The Morgan fingerprint density at radius 3 is 2.47 bits per heavy atom. The lowest BCUT2D eigenvalue weighted by atomic mass is 10.3. The molecule has 84 valence electrons. The fourth-order valence-electron chi connectivity index (χ4n) is 0.953. The Labute approximate surface area is 102 Å². The van der Waals surface area contributed by atoms with Gasteiger partial charge in [0.05, 0.1) is 5.69 Å². The van der Waals surface area contributed by atoms with E-state index in [2.05, 4.69) is 4.98 Å². The van der Waals surface area contributed by atoms with Crippen molar-refractivity contribution in [1.29, 1.82) is 0 Å². The Kier molecular flexibility index (Phi) is 3.71. The summed E-state index contributed by atoms with van der Waals surface area (Å²) in [6.45, 7) is 0. The van der Waals surface area contributed by atoms with Gasteiger partial charge in [0, 0.05) is 10.7 Å². The maximum absolute atomic E-state index is 12.5. The first-order valence-electron chi connectivity index (χ1n) is 3.42. The lowest BCUT2D eigenvalue weighted by molar-refractivity contribution is 0.142. The van der Waals surface area contributed by atoms with Gasteiger partial charge in [-0.15, -0.1) is 0 Å². The monoisotopic (exact) mass is 368 g/mol. The molecular formula is C6H4ClF2IN2O2S. The molecule has 0 bridgehead atoms. The summed E-state index contributed by atoms with van der Waals surface area (Å²) in [7, 11) is 0.657. The number of nitrogens with zero attached hydrogens (tertiary/aromatic N) is 1. The van der Waals surface area contributed by atoms with E-state index in [1.165, 1.54) is 0 Å². The molecule has 1 aromatic heterocycles. The highest BCUT2D eigenvalue weighted by Crippen LogP contribution is 2.32. The van der Waals surface area contributed by atoms with Gasteiger partial charge in [0.25, 0.3) is 15.5 Å². The third kappa shape index (κ3) is 2.88. The summed E-state index contributed by atoms with van der Waals surface area (Å²) >= 11 is 1.65. The minimum atomic E-state index is -4.32. The van der Waals surface area contributed by atoms with Gasteiger partial charge >= 0.3 is 0 Å². The van der Waals surface area contributed by atoms with Crippen LogP contribution in [0.25, 0.3) is 0 Å². The largest absolute Gasteiger partial charge is 0.397 e. The molecule has 1 aromatic rings. The van der Waals surface area contributed by atoms with E-state index < -0.39 is 26.1 Å². The van der Waals surface area contributed by atoms with Gasteiger partial charge in [-0.2, -0.15) is 0 Å². The molecule has 1 rings (SSSR count). The summed E-state index contributed by atoms with van der Waals surface area (Å²) in [5.41, 5.74) is 4.05. The number of halogens is 4. The summed E-state index contributed by atoms with van der Waals surface area (Å²) in [4.78, 5) is 2.57. The summed E-state index contributed by atoms with van der Waals surface area (Å²) in [5.74, 6) is 0. The van der Waals surface area contributed by atoms with E-state index in [0.29, 0.717) is 0 Å². The zero-order valence-corrected chi connectivity index (χ0v) is 10.6. The Hall–Kier alpha value is -0.220. The maximum atomic E-state index is 12.5. The smallest absolute Gasteiger partial charge is 0.281 e. The van der Waals surface area contributed by atoms with Crippen molar-refractivity contribution in [3.05, 3.63) is 15.5 Å². The predicted molar refractivity (Wildman–Crippen MR) is 59.4 cm³/mol. The van der Waals surface area contributed by atoms with Gasteiger partial charge in [0.2, 0.25) is 0 Å². The highest BCUT2D eigenvalue weighted by molar-refractivity contribution is 14.1. The molecule has 4 nitrogen and oxygen atoms in total. The molecule has 0 spiro atoms. The lowest BCUT2D eigenvalue weighted by Crippen LogP contribution is -2.07. The van der Waals surface area contributed by atoms with Crippen LogP contribution in [0.4, 0.5) is 14.5 Å². The lowest BCUT2D eigenvalue weighted by Gasteiger charge is -2.08. The van der Waals surface area contributed by atoms with Crippen LogP contribution in [0, 0.1) is 3.70 Å². The van der Waals surface area contributed by atoms with Crippen molar-refractivity contribution in [2.45, 2.75) is 11.3 Å². The van der Waals surface area contributed by atoms with E-state index in [9.17, 15) is 17.2 Å². The molecule has 2 N–H and O–H groups in total. The van der Waals surface area contributed by atoms with Crippen LogP contribution in [-0.2, 0) is 9.05 Å². The van der Waals surface area contributed by atoms with Crippen LogP contribution in [0.3, 0.4) is 0 Å². The first kappa shape index (κ1) is 12.8. The Morgan fingerprint density at radius 2 is 2.07 bits per heavy atom. The molecule has 0 amide bonds. The summed E-state index contributed by atoms with van der Waals surface area (Å²) < 4.78 is 47.1. The molecule has 0 unspecified atom stereocenters. The first-order valence-corrected chi connectivity index (χ1v) is 6.81. The van der Waals surface area contributed by atoms with Crippen molar-refractivity contribution in [3.63, 3.8) is 0 Å². The second kappa shape index (κ2) is 4.34. The predicted octanol–water partition coefficient (Wildman–Crippen LogP) is 2.13. The van der Waals surface area contributed by atoms with Gasteiger partial charge in [-0.3, -0.25) is 0 Å². The topological polar surface area (TPSA) is 73.0 Å². The zero-order chi connectivity index (χ0) is 11.8. The van der Waals surface area contributed by atoms with Crippen LogP contribution < -0.4 is 5.73 Å². The molecule has 0 aliphatic rings. The number of nitrogen functional groups attached to an aromatic ring is 1. The van der Waals surface area contributed by atoms with Crippen LogP contribution >= 0.6 is 33.3 Å². The minimum Gasteiger partial charge on any atom is -0.397 e. The number of hydrogen-bond donors (Lipinski definition) is 1. The van der Waals surface area contributed by atoms with Gasteiger partial charge < -0.3 is 5.73 Å². The fourth-order valence-corrected chi connectivity index (χ4v) is 2.78. The summed E-state index contributed by atoms with van der Waals surface area (Å²) in [6, 6.07) is 1.15. The van der Waals surface area contributed by atoms with Crippen molar-refractivity contribution < 1.29 is 17.2 Å². The van der Waals surface area contributed by atoms with Gasteiger partial charge in [0.15, 0.2) is 0 Å². The molecule has 0 fully saturated rings. The quantitative estimate of drug-likeness (QED) is 0.493. The zero-order valence-electron chi connectivity index (χ0n) is 6.92. The van der Waals surface area contributed by atoms with E-state index in [-0.39, 0.29) is 9.39 Å². The number of aromatic nitrogens is 1. The van der Waals surface area contributed by atoms with Gasteiger partial charge in [-0.1, -0.05) is 0 Å². The van der Waals surface area contributed by atoms with Crippen molar-refractivity contribution >= 4 is 48.0 Å². The van der Waals surface area contributed by atoms with Gasteiger partial charge in [-0.25, -0.2) is 22.2 Å². The number of nitrogens with two attached hydrogens (primary N) is 1. The maximum Gasteiger partial charge on any atom is 0.281 e. The van der Waals surface area contributed by atoms with Crippen molar-refractivity contribution in [2.24, 2.45) is 0 Å². The third-order valence-electron chi connectivity index (χ3n) is 1.45. The minimum absolute atomic E-state index is 0.171. The van der Waals surface area contributed by atoms with E-state index in [0.717, 1.165) is 6.07 Å². The molecule has 0 aliphatic heterocycles. The summed E-state index contributed by atoms with van der Waals surface area (Å²) in [5, 5.41) is 0. The Morgan fingerprint density at radius 1 is 1.53 bits per heavy atom. The first-order chi connectivity index (χ1) is 6.73. The van der Waals surface area contributed by atoms with Crippen molar-refractivity contribution in [3.8, 4) is 0 Å². The molecule has 15 heavy (non-hydrogen) atoms. The Balaban J connectivity index is 3.62. The highest BCUT2D eigenvalue weighted by Gasteiger charge is 2.26. The number of pyridine rings is 1. The highest BCUT2D eigenvalue weighted by atomic mass is 127. The van der Waals surface area contributed by atoms with E-state index in [1.807, 2.05) is 0 Å². The molecule has 0 saturated heterocycles. The van der Waals surface area contributed by atoms with Crippen LogP contribution in [0.2, 0.25) is 0 Å². The third-order valence-corrected chi connectivity index (χ3v) is 3.40. The van der Waals surface area contributed by atoms with E-state index in [4.69, 9.17) is 16.4 Å². The molecular weight excluding hydrogens is 364 g/mol. The second-order valence-corrected chi connectivity index (χ2v) is 6.10. The van der Waals surface area contributed by atoms with Crippen molar-refractivity contribution in [1.82, 2.24) is 4.98 Å². The molecule has 0 aliphatic carbocycles. The van der Waals surface area contributed by atoms with Crippen LogP contribution in [0.1, 0.15) is 12.1 Å². The van der Waals surface area contributed by atoms with Crippen molar-refractivity contribution in [2.75, 3.05) is 5.73 Å². The molecule has 0 saturated carbocycles. The molecule has 0 radical (unpaired) electrons. The average Bonchev–Trinajstić information content (AvgIpc) is 1.99. The van der Waals surface area contributed by atoms with Crippen LogP contribution in [0.15, 0.2) is 11.0 Å². The SMILES string of the molecule is Nc1cc(I)nc(C(F)F)c1S(=O)(=O)Cl. The molecule has 0 aromatic carbocycles. The summed E-state index contributed by atoms with van der Waals surface area (Å²) in [6.07, 6.45) is -3.05. The van der Waals surface area contributed by atoms with E-state index in [1.54, 1.807) is 22.6 Å². The molecule has 1 heterocycles. The van der Waals surface area contributed by atoms with Gasteiger partial charge in [0.1, 0.15) is 14.3 Å². The van der Waals surface area contributed by atoms with Gasteiger partial charge in [-0.05, 0) is 28.7 Å². The number of hydrogen-bond acceptors (Lipinski definition) is 4. The number of alkyl halides is 2. The second-order valence-electron chi connectivity index (χ2n) is 2.49. The molecule has 0 atom stereocenters.